The maximum absolute atomic E-state index is 11.5. The Balaban J connectivity index is 1.95. The number of carbonyl (C=O) groups is 1. The van der Waals surface area contributed by atoms with E-state index in [4.69, 9.17) is 0 Å². The van der Waals surface area contributed by atoms with Gasteiger partial charge in [-0.25, -0.2) is 0 Å². The van der Waals surface area contributed by atoms with E-state index >= 15 is 0 Å². The molecule has 1 fully saturated rings. The lowest BCUT2D eigenvalue weighted by Gasteiger charge is -2.36. The van der Waals surface area contributed by atoms with E-state index in [0.29, 0.717) is 0 Å². The second-order valence-electron chi connectivity index (χ2n) is 3.55. The molecule has 0 saturated carbocycles. The van der Waals surface area contributed by atoms with Gasteiger partial charge in [-0.3, -0.25) is 4.79 Å². The van der Waals surface area contributed by atoms with E-state index in [1.807, 2.05) is 35.2 Å². The lowest BCUT2D eigenvalue weighted by Crippen LogP contribution is -2.50. The lowest BCUT2D eigenvalue weighted by atomic mass is 9.98. The van der Waals surface area contributed by atoms with Gasteiger partial charge in [0, 0.05) is 13.1 Å². The Labute approximate surface area is 83.8 Å². The molecule has 1 aliphatic rings. The zero-order chi connectivity index (χ0) is 9.97. The molecule has 2 nitrogen and oxygen atoms in total. The predicted octanol–water partition coefficient (Wildman–Crippen LogP) is 1.83. The van der Waals surface area contributed by atoms with E-state index in [1.54, 1.807) is 6.08 Å². The molecule has 72 valence electrons. The van der Waals surface area contributed by atoms with Gasteiger partial charge < -0.3 is 4.90 Å². The zero-order valence-electron chi connectivity index (χ0n) is 8.02. The maximum Gasteiger partial charge on any atom is 0.231 e. The minimum atomic E-state index is 0.0544. The van der Waals surface area contributed by atoms with Crippen molar-refractivity contribution in [3.63, 3.8) is 0 Å². The highest BCUT2D eigenvalue weighted by Gasteiger charge is 2.33. The van der Waals surface area contributed by atoms with Crippen LogP contribution in [0.15, 0.2) is 43.0 Å². The molecule has 1 amide bonds. The van der Waals surface area contributed by atoms with Gasteiger partial charge in [0.2, 0.25) is 5.91 Å². The Morgan fingerprint density at radius 1 is 1.43 bits per heavy atom. The van der Waals surface area contributed by atoms with Crippen LogP contribution in [0.5, 0.6) is 0 Å². The second-order valence-corrected chi connectivity index (χ2v) is 3.55. The van der Waals surface area contributed by atoms with Gasteiger partial charge in [0.05, 0.1) is 5.92 Å². The summed E-state index contributed by atoms with van der Waals surface area (Å²) in [4.78, 5) is 13.3. The van der Waals surface area contributed by atoms with Gasteiger partial charge in [0.25, 0.3) is 0 Å². The predicted molar refractivity (Wildman–Crippen MR) is 55.5 cm³/mol. The molecule has 0 N–H and O–H groups in total. The highest BCUT2D eigenvalue weighted by atomic mass is 16.2. The molecule has 1 saturated heterocycles. The monoisotopic (exact) mass is 187 g/mol. The van der Waals surface area contributed by atoms with E-state index in [-0.39, 0.29) is 11.8 Å². The van der Waals surface area contributed by atoms with Crippen molar-refractivity contribution in [2.24, 2.45) is 5.92 Å². The summed E-state index contributed by atoms with van der Waals surface area (Å²) in [6, 6.07) is 10.0. The zero-order valence-corrected chi connectivity index (χ0v) is 8.02. The van der Waals surface area contributed by atoms with Crippen LogP contribution in [0.2, 0.25) is 0 Å². The average Bonchev–Trinajstić information content (AvgIpc) is 2.24. The molecule has 1 aromatic carbocycles. The topological polar surface area (TPSA) is 20.3 Å². The van der Waals surface area contributed by atoms with Crippen LogP contribution in [0.4, 0.5) is 0 Å². The molecule has 0 aromatic heterocycles. The molecule has 0 spiro atoms. The summed E-state index contributed by atoms with van der Waals surface area (Å²) >= 11 is 0. The first-order chi connectivity index (χ1) is 6.81. The lowest BCUT2D eigenvalue weighted by molar-refractivity contribution is -0.145. The van der Waals surface area contributed by atoms with Gasteiger partial charge >= 0.3 is 0 Å². The smallest absolute Gasteiger partial charge is 0.231 e. The van der Waals surface area contributed by atoms with Crippen molar-refractivity contribution in [2.45, 2.75) is 6.54 Å². The fraction of sp³-hybridized carbons (Fsp3) is 0.250. The van der Waals surface area contributed by atoms with Gasteiger partial charge in [-0.15, -0.1) is 6.58 Å². The summed E-state index contributed by atoms with van der Waals surface area (Å²) < 4.78 is 0. The van der Waals surface area contributed by atoms with Crippen LogP contribution in [0.1, 0.15) is 5.56 Å². The molecule has 0 aliphatic carbocycles. The van der Waals surface area contributed by atoms with Gasteiger partial charge in [-0.2, -0.15) is 0 Å². The van der Waals surface area contributed by atoms with Crippen molar-refractivity contribution in [1.29, 1.82) is 0 Å². The minimum Gasteiger partial charge on any atom is -0.337 e. The number of amides is 1. The highest BCUT2D eigenvalue weighted by Crippen LogP contribution is 2.20. The second kappa shape index (κ2) is 3.66. The van der Waals surface area contributed by atoms with Crippen LogP contribution in [-0.2, 0) is 11.3 Å². The van der Waals surface area contributed by atoms with Gasteiger partial charge in [-0.1, -0.05) is 36.4 Å². The summed E-state index contributed by atoms with van der Waals surface area (Å²) in [5.41, 5.74) is 1.18. The standard InChI is InChI=1S/C12H13NO/c1-2-11-9-13(12(11)14)8-10-6-4-3-5-7-10/h2-7,11H,1,8-9H2. The first kappa shape index (κ1) is 9.00. The van der Waals surface area contributed by atoms with E-state index in [2.05, 4.69) is 6.58 Å². The molecular formula is C12H13NO. The molecule has 0 radical (unpaired) electrons. The molecule has 2 rings (SSSR count). The van der Waals surface area contributed by atoms with Crippen molar-refractivity contribution in [3.05, 3.63) is 48.6 Å². The number of carbonyl (C=O) groups excluding carboxylic acids is 1. The number of benzene rings is 1. The van der Waals surface area contributed by atoms with E-state index < -0.39 is 0 Å². The van der Waals surface area contributed by atoms with E-state index in [1.165, 1.54) is 5.56 Å². The Kier molecular flexibility index (Phi) is 2.35. The largest absolute Gasteiger partial charge is 0.337 e. The first-order valence-corrected chi connectivity index (χ1v) is 4.76. The number of rotatable bonds is 3. The van der Waals surface area contributed by atoms with Crippen LogP contribution in [-0.4, -0.2) is 17.4 Å². The minimum absolute atomic E-state index is 0.0544. The molecule has 1 atom stereocenters. The Bertz CT molecular complexity index is 345. The molecule has 1 heterocycles. The molecule has 1 unspecified atom stereocenters. The summed E-state index contributed by atoms with van der Waals surface area (Å²) in [5, 5.41) is 0. The van der Waals surface area contributed by atoms with E-state index in [9.17, 15) is 4.79 Å². The molecular weight excluding hydrogens is 174 g/mol. The summed E-state index contributed by atoms with van der Waals surface area (Å²) in [7, 11) is 0. The third-order valence-electron chi connectivity index (χ3n) is 2.55. The number of hydrogen-bond donors (Lipinski definition) is 0. The van der Waals surface area contributed by atoms with Crippen LogP contribution in [0, 0.1) is 5.92 Å². The summed E-state index contributed by atoms with van der Waals surface area (Å²) in [5.74, 6) is 0.252. The van der Waals surface area contributed by atoms with Crippen molar-refractivity contribution in [2.75, 3.05) is 6.54 Å². The van der Waals surface area contributed by atoms with Gasteiger partial charge in [0.15, 0.2) is 0 Å². The Hall–Kier alpha value is -1.57. The molecule has 2 heteroatoms. The summed E-state index contributed by atoms with van der Waals surface area (Å²) in [6.07, 6.45) is 1.73. The third kappa shape index (κ3) is 1.55. The SMILES string of the molecule is C=CC1CN(Cc2ccccc2)C1=O. The van der Waals surface area contributed by atoms with Crippen LogP contribution in [0.3, 0.4) is 0 Å². The number of hydrogen-bond acceptors (Lipinski definition) is 1. The van der Waals surface area contributed by atoms with Crippen molar-refractivity contribution < 1.29 is 4.79 Å². The number of β-lactam (4-membered cyclic amide) rings is 1. The molecule has 14 heavy (non-hydrogen) atoms. The normalized spacial score (nSPS) is 20.4. The average molecular weight is 187 g/mol. The fourth-order valence-electron chi connectivity index (χ4n) is 1.65. The maximum atomic E-state index is 11.5. The van der Waals surface area contributed by atoms with E-state index in [0.717, 1.165) is 13.1 Å². The summed E-state index contributed by atoms with van der Waals surface area (Å²) in [6.45, 7) is 5.17. The third-order valence-corrected chi connectivity index (χ3v) is 2.55. The Morgan fingerprint density at radius 3 is 2.71 bits per heavy atom. The first-order valence-electron chi connectivity index (χ1n) is 4.76. The van der Waals surface area contributed by atoms with Gasteiger partial charge in [-0.05, 0) is 5.56 Å². The quantitative estimate of drug-likeness (QED) is 0.522. The van der Waals surface area contributed by atoms with Crippen molar-refractivity contribution in [1.82, 2.24) is 4.90 Å². The van der Waals surface area contributed by atoms with Crippen molar-refractivity contribution in [3.8, 4) is 0 Å². The molecule has 1 aromatic rings. The van der Waals surface area contributed by atoms with Crippen LogP contribution in [0.25, 0.3) is 0 Å². The number of likely N-dealkylation sites (tertiary alicyclic amines) is 1. The van der Waals surface area contributed by atoms with Gasteiger partial charge in [0.1, 0.15) is 0 Å². The fourth-order valence-corrected chi connectivity index (χ4v) is 1.65. The van der Waals surface area contributed by atoms with Crippen molar-refractivity contribution >= 4 is 5.91 Å². The molecule has 0 bridgehead atoms. The van der Waals surface area contributed by atoms with Crippen LogP contribution < -0.4 is 0 Å². The Morgan fingerprint density at radius 2 is 2.14 bits per heavy atom. The van der Waals surface area contributed by atoms with Crippen LogP contribution >= 0.6 is 0 Å². The number of nitrogens with zero attached hydrogens (tertiary/aromatic N) is 1. The highest BCUT2D eigenvalue weighted by molar-refractivity contribution is 5.86. The molecule has 1 aliphatic heterocycles.